The molecular weight excluding hydrogens is 401 g/mol. The maximum atomic E-state index is 14.1. The fourth-order valence-electron chi connectivity index (χ4n) is 2.39. The lowest BCUT2D eigenvalue weighted by atomic mass is 10.3. The molecule has 1 aromatic heterocycles. The lowest BCUT2D eigenvalue weighted by Gasteiger charge is -2.18. The van der Waals surface area contributed by atoms with Crippen molar-refractivity contribution in [3.8, 4) is 0 Å². The summed E-state index contributed by atoms with van der Waals surface area (Å²) in [6.07, 6.45) is 2.81. The largest absolute Gasteiger partial charge is 0.321 e. The van der Waals surface area contributed by atoms with Crippen molar-refractivity contribution in [2.75, 3.05) is 10.2 Å². The van der Waals surface area contributed by atoms with E-state index < -0.39 is 5.82 Å². The highest BCUT2D eigenvalue weighted by Gasteiger charge is 2.20. The molecule has 2 amide bonds. The van der Waals surface area contributed by atoms with E-state index in [1.54, 1.807) is 41.8 Å². The number of rotatable bonds is 5. The summed E-state index contributed by atoms with van der Waals surface area (Å²) in [4.78, 5) is 29.6. The van der Waals surface area contributed by atoms with Crippen LogP contribution in [0.5, 0.6) is 0 Å². The second kappa shape index (κ2) is 8.77. The third-order valence-corrected chi connectivity index (χ3v) is 4.82. The van der Waals surface area contributed by atoms with Crippen molar-refractivity contribution in [3.05, 3.63) is 76.5 Å². The Morgan fingerprint density at radius 1 is 1.18 bits per heavy atom. The predicted molar refractivity (Wildman–Crippen MR) is 110 cm³/mol. The molecule has 0 saturated heterocycles. The predicted octanol–water partition coefficient (Wildman–Crippen LogP) is 5.27. The quantitative estimate of drug-likeness (QED) is 0.577. The number of carbonyl (C=O) groups excluding carboxylic acids is 2. The molecule has 1 heterocycles. The van der Waals surface area contributed by atoms with Crippen LogP contribution >= 0.6 is 22.9 Å². The first-order chi connectivity index (χ1) is 13.5. The van der Waals surface area contributed by atoms with E-state index in [1.165, 1.54) is 47.4 Å². The molecule has 28 heavy (non-hydrogen) atoms. The number of amides is 2. The van der Waals surface area contributed by atoms with Gasteiger partial charge in [0.2, 0.25) is 11.8 Å². The third kappa shape index (κ3) is 4.62. The minimum absolute atomic E-state index is 0.122. The van der Waals surface area contributed by atoms with Gasteiger partial charge < -0.3 is 5.32 Å². The van der Waals surface area contributed by atoms with Crippen LogP contribution in [0.1, 0.15) is 12.6 Å². The monoisotopic (exact) mass is 415 g/mol. The molecule has 0 fully saturated rings. The smallest absolute Gasteiger partial charge is 0.248 e. The molecule has 0 spiro atoms. The van der Waals surface area contributed by atoms with Gasteiger partial charge in [-0.15, -0.1) is 11.3 Å². The van der Waals surface area contributed by atoms with Gasteiger partial charge in [-0.2, -0.15) is 0 Å². The first kappa shape index (κ1) is 19.7. The summed E-state index contributed by atoms with van der Waals surface area (Å²) in [5, 5.41) is 5.08. The van der Waals surface area contributed by atoms with Crippen LogP contribution in [0.2, 0.25) is 5.02 Å². The van der Waals surface area contributed by atoms with Crippen LogP contribution in [0.3, 0.4) is 0 Å². The Morgan fingerprint density at radius 2 is 1.89 bits per heavy atom. The molecular formula is C20H15ClFN3O2S. The average Bonchev–Trinajstić information content (AvgIpc) is 3.12. The molecule has 0 atom stereocenters. The normalized spacial score (nSPS) is 10.8. The van der Waals surface area contributed by atoms with Crippen molar-refractivity contribution in [1.29, 1.82) is 0 Å². The lowest BCUT2D eigenvalue weighted by molar-refractivity contribution is -0.116. The van der Waals surface area contributed by atoms with Crippen molar-refractivity contribution in [2.45, 2.75) is 6.92 Å². The molecule has 0 aliphatic heterocycles. The molecule has 0 unspecified atom stereocenters. The number of carbonyl (C=O) groups is 2. The summed E-state index contributed by atoms with van der Waals surface area (Å²) in [5.74, 6) is -1.27. The second-order valence-electron chi connectivity index (χ2n) is 5.66. The Morgan fingerprint density at radius 3 is 2.61 bits per heavy atom. The Kier molecular flexibility index (Phi) is 6.18. The van der Waals surface area contributed by atoms with Crippen LogP contribution in [-0.2, 0) is 9.59 Å². The summed E-state index contributed by atoms with van der Waals surface area (Å²) in [7, 11) is 0. The van der Waals surface area contributed by atoms with Crippen LogP contribution in [0.15, 0.2) is 60.0 Å². The van der Waals surface area contributed by atoms with Gasteiger partial charge in [0.05, 0.1) is 22.1 Å². The number of benzene rings is 2. The van der Waals surface area contributed by atoms with Crippen molar-refractivity contribution < 1.29 is 14.0 Å². The van der Waals surface area contributed by atoms with Gasteiger partial charge in [0.25, 0.3) is 0 Å². The third-order valence-electron chi connectivity index (χ3n) is 3.65. The first-order valence-electron chi connectivity index (χ1n) is 8.20. The number of hydrogen-bond donors (Lipinski definition) is 1. The van der Waals surface area contributed by atoms with E-state index in [-0.39, 0.29) is 17.5 Å². The van der Waals surface area contributed by atoms with Crippen LogP contribution in [0.4, 0.5) is 20.9 Å². The number of nitrogens with zero attached hydrogens (tertiary/aromatic N) is 2. The molecule has 0 radical (unpaired) electrons. The number of hydrogen-bond acceptors (Lipinski definition) is 4. The summed E-state index contributed by atoms with van der Waals surface area (Å²) < 4.78 is 14.1. The molecule has 142 valence electrons. The highest BCUT2D eigenvalue weighted by molar-refractivity contribution is 7.14. The topological polar surface area (TPSA) is 62.3 Å². The van der Waals surface area contributed by atoms with E-state index in [0.717, 1.165) is 0 Å². The van der Waals surface area contributed by atoms with Crippen molar-refractivity contribution in [1.82, 2.24) is 4.98 Å². The number of aromatic nitrogens is 1. The average molecular weight is 416 g/mol. The number of nitrogens with one attached hydrogen (secondary N) is 1. The summed E-state index contributed by atoms with van der Waals surface area (Å²) >= 11 is 7.18. The Labute approximate surface area is 170 Å². The van der Waals surface area contributed by atoms with Crippen LogP contribution < -0.4 is 10.2 Å². The fourth-order valence-corrected chi connectivity index (χ4v) is 3.42. The highest BCUT2D eigenvalue weighted by atomic mass is 35.5. The zero-order valence-electron chi connectivity index (χ0n) is 14.7. The number of thiazole rings is 1. The summed E-state index contributed by atoms with van der Waals surface area (Å²) in [6.45, 7) is 1.33. The molecule has 3 rings (SSSR count). The summed E-state index contributed by atoms with van der Waals surface area (Å²) in [5.41, 5.74) is 1.09. The number of para-hydroxylation sites is 2. The lowest BCUT2D eigenvalue weighted by Crippen LogP contribution is -2.23. The zero-order chi connectivity index (χ0) is 20.1. The first-order valence-corrected chi connectivity index (χ1v) is 9.46. The van der Waals surface area contributed by atoms with Gasteiger partial charge in [-0.3, -0.25) is 14.5 Å². The Balaban J connectivity index is 1.76. The van der Waals surface area contributed by atoms with Crippen LogP contribution in [0.25, 0.3) is 6.08 Å². The maximum Gasteiger partial charge on any atom is 0.248 e. The molecule has 1 N–H and O–H groups in total. The van der Waals surface area contributed by atoms with E-state index in [2.05, 4.69) is 10.3 Å². The van der Waals surface area contributed by atoms with Gasteiger partial charge >= 0.3 is 0 Å². The van der Waals surface area contributed by atoms with Gasteiger partial charge in [-0.05, 0) is 30.3 Å². The highest BCUT2D eigenvalue weighted by Crippen LogP contribution is 2.31. The molecule has 0 bridgehead atoms. The van der Waals surface area contributed by atoms with Crippen molar-refractivity contribution in [2.24, 2.45) is 0 Å². The Bertz CT molecular complexity index is 1050. The molecule has 0 aliphatic rings. The second-order valence-corrected chi connectivity index (χ2v) is 6.91. The molecule has 8 heteroatoms. The minimum atomic E-state index is -0.524. The van der Waals surface area contributed by atoms with E-state index >= 15 is 0 Å². The Hall–Kier alpha value is -3.03. The van der Waals surface area contributed by atoms with E-state index in [9.17, 15) is 14.0 Å². The van der Waals surface area contributed by atoms with Gasteiger partial charge in [-0.1, -0.05) is 35.9 Å². The van der Waals surface area contributed by atoms with Gasteiger partial charge in [0.1, 0.15) is 5.82 Å². The zero-order valence-corrected chi connectivity index (χ0v) is 16.3. The van der Waals surface area contributed by atoms with E-state index in [4.69, 9.17) is 11.6 Å². The maximum absolute atomic E-state index is 14.1. The molecule has 2 aromatic carbocycles. The van der Waals surface area contributed by atoms with Crippen molar-refractivity contribution in [3.63, 3.8) is 0 Å². The van der Waals surface area contributed by atoms with Gasteiger partial charge in [0.15, 0.2) is 5.13 Å². The standard InChI is InChI=1S/C20H15ClFN3O2S/c1-13(26)25(18-9-5-3-7-16(18)22)20-23-14(12-28-20)10-11-19(27)24-17-8-4-2-6-15(17)21/h2-12H,1H3,(H,24,27)/b11-10+. The van der Waals surface area contributed by atoms with E-state index in [1.807, 2.05) is 0 Å². The van der Waals surface area contributed by atoms with E-state index in [0.29, 0.717) is 21.5 Å². The molecule has 5 nitrogen and oxygen atoms in total. The number of anilines is 3. The molecule has 0 saturated carbocycles. The fraction of sp³-hybridized carbons (Fsp3) is 0.0500. The molecule has 0 aliphatic carbocycles. The molecule has 3 aromatic rings. The van der Waals surface area contributed by atoms with Crippen molar-refractivity contribution >= 4 is 57.3 Å². The van der Waals surface area contributed by atoms with Crippen LogP contribution in [-0.4, -0.2) is 16.8 Å². The van der Waals surface area contributed by atoms with Crippen LogP contribution in [0, 0.1) is 5.82 Å². The van der Waals surface area contributed by atoms with Gasteiger partial charge in [0, 0.05) is 18.4 Å². The number of halogens is 2. The summed E-state index contributed by atoms with van der Waals surface area (Å²) in [6, 6.07) is 12.9. The minimum Gasteiger partial charge on any atom is -0.321 e. The van der Waals surface area contributed by atoms with Gasteiger partial charge in [-0.25, -0.2) is 9.37 Å². The SMILES string of the molecule is CC(=O)N(c1nc(/C=C/C(=O)Nc2ccccc2Cl)cs1)c1ccccc1F.